The lowest BCUT2D eigenvalue weighted by atomic mass is 10.1. The van der Waals surface area contributed by atoms with Gasteiger partial charge in [0.2, 0.25) is 10.0 Å². The first kappa shape index (κ1) is 16.7. The van der Waals surface area contributed by atoms with E-state index in [9.17, 15) is 8.42 Å². The molecule has 0 unspecified atom stereocenters. The molecule has 0 aromatic heterocycles. The van der Waals surface area contributed by atoms with Gasteiger partial charge < -0.3 is 5.32 Å². The number of aryl methyl sites for hydroxylation is 2. The highest BCUT2D eigenvalue weighted by molar-refractivity contribution is 9.10. The lowest BCUT2D eigenvalue weighted by Crippen LogP contribution is -2.45. The summed E-state index contributed by atoms with van der Waals surface area (Å²) in [6, 6.07) is 3.69. The Morgan fingerprint density at radius 2 is 1.81 bits per heavy atom. The van der Waals surface area contributed by atoms with E-state index >= 15 is 0 Å². The Hall–Kier alpha value is -0.630. The molecule has 1 aliphatic rings. The first-order chi connectivity index (χ1) is 9.87. The van der Waals surface area contributed by atoms with Gasteiger partial charge in [-0.1, -0.05) is 15.9 Å². The van der Waals surface area contributed by atoms with E-state index < -0.39 is 10.0 Å². The quantitative estimate of drug-likeness (QED) is 0.822. The van der Waals surface area contributed by atoms with Crippen LogP contribution in [0.25, 0.3) is 0 Å². The number of piperazine rings is 1. The maximum atomic E-state index is 12.2. The fourth-order valence-corrected chi connectivity index (χ4v) is 3.73. The summed E-state index contributed by atoms with van der Waals surface area (Å²) in [6.07, 6.45) is 0. The van der Waals surface area contributed by atoms with Crippen molar-refractivity contribution in [1.29, 1.82) is 0 Å². The van der Waals surface area contributed by atoms with Crippen molar-refractivity contribution in [3.05, 3.63) is 27.7 Å². The zero-order valence-corrected chi connectivity index (χ0v) is 14.8. The minimum Gasteiger partial charge on any atom is -0.314 e. The second-order valence-electron chi connectivity index (χ2n) is 5.44. The van der Waals surface area contributed by atoms with E-state index in [-0.39, 0.29) is 5.75 Å². The first-order valence-corrected chi connectivity index (χ1v) is 9.52. The Kier molecular flexibility index (Phi) is 5.65. The molecule has 1 aromatic rings. The molecule has 7 heteroatoms. The monoisotopic (exact) mass is 375 g/mol. The van der Waals surface area contributed by atoms with Crippen molar-refractivity contribution >= 4 is 31.6 Å². The standard InChI is InChI=1S/C14H22BrN3O2S/c1-11-9-13(10-12(2)14(11)15)17-21(19,20)8-7-18-5-3-16-4-6-18/h9-10,16-17H,3-8H2,1-2H3. The van der Waals surface area contributed by atoms with E-state index in [0.29, 0.717) is 12.2 Å². The Morgan fingerprint density at radius 3 is 2.38 bits per heavy atom. The van der Waals surface area contributed by atoms with E-state index in [1.165, 1.54) is 0 Å². The van der Waals surface area contributed by atoms with Crippen molar-refractivity contribution in [1.82, 2.24) is 10.2 Å². The maximum Gasteiger partial charge on any atom is 0.233 e. The van der Waals surface area contributed by atoms with Gasteiger partial charge in [-0.15, -0.1) is 0 Å². The Bertz CT molecular complexity index is 575. The van der Waals surface area contributed by atoms with E-state index in [4.69, 9.17) is 0 Å². The van der Waals surface area contributed by atoms with E-state index in [2.05, 4.69) is 30.9 Å². The second-order valence-corrected chi connectivity index (χ2v) is 8.07. The first-order valence-electron chi connectivity index (χ1n) is 7.08. The molecule has 2 rings (SSSR count). The summed E-state index contributed by atoms with van der Waals surface area (Å²) in [6.45, 7) is 8.16. The van der Waals surface area contributed by atoms with Gasteiger partial charge in [0, 0.05) is 42.9 Å². The van der Waals surface area contributed by atoms with Crippen molar-refractivity contribution in [2.45, 2.75) is 13.8 Å². The van der Waals surface area contributed by atoms with Crippen LogP contribution in [0, 0.1) is 13.8 Å². The Balaban J connectivity index is 1.97. The van der Waals surface area contributed by atoms with Crippen LogP contribution in [0.4, 0.5) is 5.69 Å². The predicted molar refractivity (Wildman–Crippen MR) is 90.3 cm³/mol. The summed E-state index contributed by atoms with van der Waals surface area (Å²) in [5, 5.41) is 3.26. The van der Waals surface area contributed by atoms with Gasteiger partial charge in [-0.3, -0.25) is 9.62 Å². The van der Waals surface area contributed by atoms with E-state index in [1.807, 2.05) is 26.0 Å². The topological polar surface area (TPSA) is 61.4 Å². The molecule has 0 atom stereocenters. The largest absolute Gasteiger partial charge is 0.314 e. The zero-order valence-electron chi connectivity index (χ0n) is 12.4. The number of hydrogen-bond donors (Lipinski definition) is 2. The van der Waals surface area contributed by atoms with Crippen molar-refractivity contribution in [2.24, 2.45) is 0 Å². The van der Waals surface area contributed by atoms with Crippen LogP contribution in [0.2, 0.25) is 0 Å². The number of nitrogens with zero attached hydrogens (tertiary/aromatic N) is 1. The van der Waals surface area contributed by atoms with Crippen LogP contribution in [-0.4, -0.2) is 51.8 Å². The molecule has 5 nitrogen and oxygen atoms in total. The van der Waals surface area contributed by atoms with Gasteiger partial charge in [-0.05, 0) is 37.1 Å². The van der Waals surface area contributed by atoms with Crippen LogP contribution < -0.4 is 10.0 Å². The predicted octanol–water partition coefficient (Wildman–Crippen LogP) is 1.71. The van der Waals surface area contributed by atoms with Gasteiger partial charge in [0.1, 0.15) is 0 Å². The molecule has 118 valence electrons. The molecule has 1 saturated heterocycles. The van der Waals surface area contributed by atoms with Gasteiger partial charge in [-0.25, -0.2) is 8.42 Å². The second kappa shape index (κ2) is 7.09. The average Bonchev–Trinajstić information content (AvgIpc) is 2.43. The van der Waals surface area contributed by atoms with Crippen LogP contribution in [0.1, 0.15) is 11.1 Å². The third kappa shape index (κ3) is 4.95. The highest BCUT2D eigenvalue weighted by Crippen LogP contribution is 2.25. The summed E-state index contributed by atoms with van der Waals surface area (Å²) in [5.41, 5.74) is 2.68. The summed E-state index contributed by atoms with van der Waals surface area (Å²) in [7, 11) is -3.31. The number of anilines is 1. The average molecular weight is 376 g/mol. The summed E-state index contributed by atoms with van der Waals surface area (Å²) in [5.74, 6) is 0.126. The molecule has 1 aromatic carbocycles. The molecule has 1 fully saturated rings. The third-order valence-electron chi connectivity index (χ3n) is 3.60. The molecule has 0 saturated carbocycles. The minimum absolute atomic E-state index is 0.126. The van der Waals surface area contributed by atoms with Crippen LogP contribution >= 0.6 is 15.9 Å². The molecule has 1 aliphatic heterocycles. The van der Waals surface area contributed by atoms with Gasteiger partial charge in [-0.2, -0.15) is 0 Å². The van der Waals surface area contributed by atoms with Gasteiger partial charge >= 0.3 is 0 Å². The fourth-order valence-electron chi connectivity index (χ4n) is 2.42. The Labute approximate surface area is 135 Å². The number of nitrogens with one attached hydrogen (secondary N) is 2. The number of benzene rings is 1. The molecular formula is C14H22BrN3O2S. The summed E-state index contributed by atoms with van der Waals surface area (Å²) < 4.78 is 28.1. The highest BCUT2D eigenvalue weighted by atomic mass is 79.9. The molecule has 0 radical (unpaired) electrons. The van der Waals surface area contributed by atoms with Crippen LogP contribution in [-0.2, 0) is 10.0 Å². The number of rotatable bonds is 5. The minimum atomic E-state index is -3.31. The molecule has 1 heterocycles. The van der Waals surface area contributed by atoms with Crippen molar-refractivity contribution in [3.8, 4) is 0 Å². The Morgan fingerprint density at radius 1 is 1.24 bits per heavy atom. The number of sulfonamides is 1. The third-order valence-corrected chi connectivity index (χ3v) is 6.11. The molecule has 0 bridgehead atoms. The van der Waals surface area contributed by atoms with E-state index in [0.717, 1.165) is 41.8 Å². The lowest BCUT2D eigenvalue weighted by Gasteiger charge is -2.26. The maximum absolute atomic E-state index is 12.2. The lowest BCUT2D eigenvalue weighted by molar-refractivity contribution is 0.254. The van der Waals surface area contributed by atoms with E-state index in [1.54, 1.807) is 0 Å². The highest BCUT2D eigenvalue weighted by Gasteiger charge is 2.16. The normalized spacial score (nSPS) is 16.9. The molecule has 0 aliphatic carbocycles. The molecule has 0 amide bonds. The number of halogens is 1. The van der Waals surface area contributed by atoms with Crippen molar-refractivity contribution in [3.63, 3.8) is 0 Å². The molecular weight excluding hydrogens is 354 g/mol. The van der Waals surface area contributed by atoms with Crippen molar-refractivity contribution in [2.75, 3.05) is 43.2 Å². The molecule has 21 heavy (non-hydrogen) atoms. The summed E-state index contributed by atoms with van der Waals surface area (Å²) in [4.78, 5) is 2.17. The van der Waals surface area contributed by atoms with Crippen molar-refractivity contribution < 1.29 is 8.42 Å². The molecule has 2 N–H and O–H groups in total. The zero-order chi connectivity index (χ0) is 15.5. The van der Waals surface area contributed by atoms with Gasteiger partial charge in [0.15, 0.2) is 0 Å². The smallest absolute Gasteiger partial charge is 0.233 e. The number of hydrogen-bond acceptors (Lipinski definition) is 4. The van der Waals surface area contributed by atoms with Crippen LogP contribution in [0.15, 0.2) is 16.6 Å². The fraction of sp³-hybridized carbons (Fsp3) is 0.571. The van der Waals surface area contributed by atoms with Crippen LogP contribution in [0.3, 0.4) is 0 Å². The SMILES string of the molecule is Cc1cc(NS(=O)(=O)CCN2CCNCC2)cc(C)c1Br. The van der Waals surface area contributed by atoms with Gasteiger partial charge in [0.25, 0.3) is 0 Å². The van der Waals surface area contributed by atoms with Crippen LogP contribution in [0.5, 0.6) is 0 Å². The van der Waals surface area contributed by atoms with Gasteiger partial charge in [0.05, 0.1) is 5.75 Å². The molecule has 0 spiro atoms. The summed E-state index contributed by atoms with van der Waals surface area (Å²) >= 11 is 3.49.